The third-order valence-corrected chi connectivity index (χ3v) is 5.14. The molecule has 6 nitrogen and oxygen atoms in total. The summed E-state index contributed by atoms with van der Waals surface area (Å²) in [6, 6.07) is 8.69. The van der Waals surface area contributed by atoms with E-state index in [1.54, 1.807) is 12.1 Å². The van der Waals surface area contributed by atoms with E-state index in [2.05, 4.69) is 5.32 Å². The van der Waals surface area contributed by atoms with Crippen LogP contribution >= 0.6 is 11.8 Å². The van der Waals surface area contributed by atoms with Crippen LogP contribution in [0, 0.1) is 0 Å². The summed E-state index contributed by atoms with van der Waals surface area (Å²) in [5.41, 5.74) is 0. The van der Waals surface area contributed by atoms with Gasteiger partial charge in [-0.2, -0.15) is 0 Å². The van der Waals surface area contributed by atoms with E-state index in [1.165, 1.54) is 4.90 Å². The first-order valence-electron chi connectivity index (χ1n) is 8.11. The van der Waals surface area contributed by atoms with E-state index in [0.29, 0.717) is 5.75 Å². The molecule has 1 aliphatic carbocycles. The van der Waals surface area contributed by atoms with Crippen LogP contribution < -0.4 is 10.1 Å². The average molecular weight is 348 g/mol. The molecular formula is C17H20N2O4S. The lowest BCUT2D eigenvalue weighted by atomic mass is 9.89. The van der Waals surface area contributed by atoms with Crippen molar-refractivity contribution in [3.05, 3.63) is 30.3 Å². The van der Waals surface area contributed by atoms with Crippen LogP contribution in [0.2, 0.25) is 0 Å². The summed E-state index contributed by atoms with van der Waals surface area (Å²) in [5.74, 6) is 0.445. The molecule has 1 aromatic carbocycles. The Balaban J connectivity index is 1.58. The summed E-state index contributed by atoms with van der Waals surface area (Å²) in [6.45, 7) is -0.0795. The SMILES string of the molecule is O=C(COc1ccccc1)N[C@@H]1CCCC[C@@H]1N1C(=O)CSC1=O. The second-order valence-corrected chi connectivity index (χ2v) is 6.87. The highest BCUT2D eigenvalue weighted by atomic mass is 32.2. The number of carbonyl (C=O) groups is 3. The fourth-order valence-corrected chi connectivity index (χ4v) is 3.95. The molecule has 2 atom stereocenters. The molecule has 1 heterocycles. The Kier molecular flexibility index (Phi) is 5.40. The topological polar surface area (TPSA) is 75.7 Å². The van der Waals surface area contributed by atoms with E-state index in [0.717, 1.165) is 37.4 Å². The fraction of sp³-hybridized carbons (Fsp3) is 0.471. The van der Waals surface area contributed by atoms with Crippen LogP contribution in [-0.4, -0.2) is 46.4 Å². The Bertz CT molecular complexity index is 606. The normalized spacial score (nSPS) is 24.1. The summed E-state index contributed by atoms with van der Waals surface area (Å²) >= 11 is 1.04. The van der Waals surface area contributed by atoms with Gasteiger partial charge < -0.3 is 10.1 Å². The number of carbonyl (C=O) groups excluding carboxylic acids is 3. The summed E-state index contributed by atoms with van der Waals surface area (Å²) < 4.78 is 5.45. The highest BCUT2D eigenvalue weighted by Gasteiger charge is 2.41. The van der Waals surface area contributed by atoms with Gasteiger partial charge in [0, 0.05) is 6.04 Å². The number of rotatable bonds is 5. The van der Waals surface area contributed by atoms with Crippen molar-refractivity contribution in [1.82, 2.24) is 10.2 Å². The number of thioether (sulfide) groups is 1. The fourth-order valence-electron chi connectivity index (χ4n) is 3.19. The second kappa shape index (κ2) is 7.70. The predicted octanol–water partition coefficient (Wildman–Crippen LogP) is 2.19. The zero-order valence-corrected chi connectivity index (χ0v) is 14.1. The van der Waals surface area contributed by atoms with Gasteiger partial charge in [-0.15, -0.1) is 0 Å². The first-order chi connectivity index (χ1) is 11.6. The molecule has 2 fully saturated rings. The number of hydrogen-bond acceptors (Lipinski definition) is 5. The highest BCUT2D eigenvalue weighted by Crippen LogP contribution is 2.30. The lowest BCUT2D eigenvalue weighted by Crippen LogP contribution is -2.55. The zero-order valence-electron chi connectivity index (χ0n) is 13.3. The number of nitrogens with one attached hydrogen (secondary N) is 1. The number of ether oxygens (including phenoxy) is 1. The molecule has 3 amide bonds. The van der Waals surface area contributed by atoms with Gasteiger partial charge in [0.25, 0.3) is 11.1 Å². The van der Waals surface area contributed by atoms with Gasteiger partial charge >= 0.3 is 0 Å². The molecule has 128 valence electrons. The van der Waals surface area contributed by atoms with Crippen molar-refractivity contribution < 1.29 is 19.1 Å². The maximum atomic E-state index is 12.2. The molecule has 3 rings (SSSR count). The van der Waals surface area contributed by atoms with Gasteiger partial charge in [0.05, 0.1) is 11.8 Å². The van der Waals surface area contributed by atoms with E-state index >= 15 is 0 Å². The van der Waals surface area contributed by atoms with E-state index in [4.69, 9.17) is 4.74 Å². The van der Waals surface area contributed by atoms with Crippen LogP contribution in [0.25, 0.3) is 0 Å². The number of imide groups is 1. The predicted molar refractivity (Wildman–Crippen MR) is 90.8 cm³/mol. The van der Waals surface area contributed by atoms with E-state index < -0.39 is 0 Å². The molecule has 0 unspecified atom stereocenters. The quantitative estimate of drug-likeness (QED) is 0.883. The van der Waals surface area contributed by atoms with E-state index in [1.807, 2.05) is 18.2 Å². The third-order valence-electron chi connectivity index (χ3n) is 4.31. The molecule has 0 aromatic heterocycles. The molecule has 1 saturated carbocycles. The largest absolute Gasteiger partial charge is 0.484 e. The van der Waals surface area contributed by atoms with Gasteiger partial charge in [-0.05, 0) is 25.0 Å². The third kappa shape index (κ3) is 3.90. The van der Waals surface area contributed by atoms with Gasteiger partial charge in [0.1, 0.15) is 5.75 Å². The molecule has 0 spiro atoms. The summed E-state index contributed by atoms with van der Waals surface area (Å²) in [5, 5.41) is 2.74. The lowest BCUT2D eigenvalue weighted by Gasteiger charge is -2.36. The molecule has 0 bridgehead atoms. The number of nitrogens with zero attached hydrogens (tertiary/aromatic N) is 1. The Morgan fingerprint density at radius 1 is 1.21 bits per heavy atom. The van der Waals surface area contributed by atoms with Crippen molar-refractivity contribution in [2.75, 3.05) is 12.4 Å². The van der Waals surface area contributed by atoms with Crippen molar-refractivity contribution in [1.29, 1.82) is 0 Å². The minimum Gasteiger partial charge on any atom is -0.484 e. The molecule has 1 aliphatic heterocycles. The maximum Gasteiger partial charge on any atom is 0.289 e. The van der Waals surface area contributed by atoms with Gasteiger partial charge in [0.2, 0.25) is 5.91 Å². The van der Waals surface area contributed by atoms with Crippen molar-refractivity contribution in [2.45, 2.75) is 37.8 Å². The van der Waals surface area contributed by atoms with Crippen LogP contribution in [0.4, 0.5) is 4.79 Å². The molecule has 1 N–H and O–H groups in total. The molecule has 7 heteroatoms. The smallest absolute Gasteiger partial charge is 0.289 e. The van der Waals surface area contributed by atoms with Crippen LogP contribution in [0.3, 0.4) is 0 Å². The lowest BCUT2D eigenvalue weighted by molar-refractivity contribution is -0.129. The van der Waals surface area contributed by atoms with E-state index in [9.17, 15) is 14.4 Å². The Morgan fingerprint density at radius 3 is 2.67 bits per heavy atom. The molecule has 24 heavy (non-hydrogen) atoms. The number of benzene rings is 1. The average Bonchev–Trinajstić information content (AvgIpc) is 2.93. The molecule has 0 radical (unpaired) electrons. The highest BCUT2D eigenvalue weighted by molar-refractivity contribution is 8.14. The first-order valence-corrected chi connectivity index (χ1v) is 9.10. The molecular weight excluding hydrogens is 328 g/mol. The van der Waals surface area contributed by atoms with Gasteiger partial charge in [-0.25, -0.2) is 0 Å². The van der Waals surface area contributed by atoms with Gasteiger partial charge in [-0.3, -0.25) is 19.3 Å². The molecule has 1 saturated heterocycles. The first kappa shape index (κ1) is 16.8. The molecule has 2 aliphatic rings. The van der Waals surface area contributed by atoms with Crippen molar-refractivity contribution in [3.8, 4) is 5.75 Å². The van der Waals surface area contributed by atoms with E-state index in [-0.39, 0.29) is 41.5 Å². The summed E-state index contributed by atoms with van der Waals surface area (Å²) in [7, 11) is 0. The Hall–Kier alpha value is -2.02. The zero-order chi connectivity index (χ0) is 16.9. The minimum atomic E-state index is -0.241. The second-order valence-electron chi connectivity index (χ2n) is 5.95. The number of amides is 3. The number of para-hydroxylation sites is 1. The van der Waals surface area contributed by atoms with Crippen molar-refractivity contribution in [2.24, 2.45) is 0 Å². The van der Waals surface area contributed by atoms with Gasteiger partial charge in [0.15, 0.2) is 6.61 Å². The van der Waals surface area contributed by atoms with Crippen molar-refractivity contribution >= 4 is 28.8 Å². The van der Waals surface area contributed by atoms with Crippen LogP contribution in [0.5, 0.6) is 5.75 Å². The van der Waals surface area contributed by atoms with Crippen LogP contribution in [0.15, 0.2) is 30.3 Å². The Labute approximate surface area is 144 Å². The number of hydrogen-bond donors (Lipinski definition) is 1. The standard InChI is InChI=1S/C17H20N2O4S/c20-15(10-23-12-6-2-1-3-7-12)18-13-8-4-5-9-14(13)19-16(21)11-24-17(19)22/h1-3,6-7,13-14H,4-5,8-11H2,(H,18,20)/t13-,14+/m1/s1. The minimum absolute atomic E-state index is 0.0795. The summed E-state index contributed by atoms with van der Waals surface area (Å²) in [6.07, 6.45) is 3.44. The summed E-state index contributed by atoms with van der Waals surface area (Å²) in [4.78, 5) is 37.4. The maximum absolute atomic E-state index is 12.2. The Morgan fingerprint density at radius 2 is 1.96 bits per heavy atom. The van der Waals surface area contributed by atoms with Gasteiger partial charge in [-0.1, -0.05) is 42.8 Å². The monoisotopic (exact) mass is 348 g/mol. The van der Waals surface area contributed by atoms with Crippen molar-refractivity contribution in [3.63, 3.8) is 0 Å². The molecule has 1 aromatic rings. The van der Waals surface area contributed by atoms with Crippen LogP contribution in [0.1, 0.15) is 25.7 Å². The van der Waals surface area contributed by atoms with Crippen LogP contribution in [-0.2, 0) is 9.59 Å².